The Morgan fingerprint density at radius 3 is 2.57 bits per heavy atom. The minimum absolute atomic E-state index is 0.170. The van der Waals surface area contributed by atoms with Gasteiger partial charge in [-0.3, -0.25) is 9.78 Å². The average Bonchev–Trinajstić information content (AvgIpc) is 3.35. The Kier molecular flexibility index (Phi) is 7.04. The van der Waals surface area contributed by atoms with Gasteiger partial charge in [-0.25, -0.2) is 4.79 Å². The van der Waals surface area contributed by atoms with Crippen LogP contribution in [0.3, 0.4) is 0 Å². The van der Waals surface area contributed by atoms with Crippen LogP contribution < -0.4 is 0 Å². The summed E-state index contributed by atoms with van der Waals surface area (Å²) in [6, 6.07) is 9.72. The molecular weight excluding hydrogens is 441 g/mol. The van der Waals surface area contributed by atoms with Crippen molar-refractivity contribution in [2.24, 2.45) is 0 Å². The number of pyridine rings is 1. The number of aliphatic carboxylic acids is 1. The number of ether oxygens (including phenoxy) is 1. The largest absolute Gasteiger partial charge is 0.490 e. The lowest BCUT2D eigenvalue weighted by Gasteiger charge is -2.47. The summed E-state index contributed by atoms with van der Waals surface area (Å²) in [4.78, 5) is 28.3. The number of amides is 1. The van der Waals surface area contributed by atoms with Crippen molar-refractivity contribution >= 4 is 35.0 Å². The summed E-state index contributed by atoms with van der Waals surface area (Å²) in [6.45, 7) is 2.26. The van der Waals surface area contributed by atoms with Crippen molar-refractivity contribution in [1.29, 1.82) is 0 Å². The van der Waals surface area contributed by atoms with Gasteiger partial charge < -0.3 is 14.7 Å². The number of thiophene rings is 1. The normalized spacial score (nSPS) is 19.7. The van der Waals surface area contributed by atoms with Crippen LogP contribution in [0.2, 0.25) is 0 Å². The Hall–Kier alpha value is -2.11. The number of carbonyl (C=O) groups excluding carboxylic acids is 1. The molecule has 2 aromatic heterocycles. The molecule has 2 saturated heterocycles. The molecule has 4 heterocycles. The number of hydrogen-bond acceptors (Lipinski definition) is 6. The van der Waals surface area contributed by atoms with Gasteiger partial charge >= 0.3 is 12.1 Å². The highest BCUT2D eigenvalue weighted by atomic mass is 32.2. The second kappa shape index (κ2) is 9.36. The van der Waals surface area contributed by atoms with Crippen molar-refractivity contribution < 1.29 is 32.6 Å². The molecule has 2 aliphatic heterocycles. The quantitative estimate of drug-likeness (QED) is 0.750. The third kappa shape index (κ3) is 5.73. The molecule has 1 N–H and O–H groups in total. The van der Waals surface area contributed by atoms with Crippen molar-refractivity contribution in [3.63, 3.8) is 0 Å². The van der Waals surface area contributed by atoms with Crippen molar-refractivity contribution in [2.75, 3.05) is 18.8 Å². The molecule has 6 nitrogen and oxygen atoms in total. The molecule has 2 fully saturated rings. The second-order valence-electron chi connectivity index (χ2n) is 6.89. The van der Waals surface area contributed by atoms with Crippen molar-refractivity contribution in [1.82, 2.24) is 9.88 Å². The van der Waals surface area contributed by atoms with Gasteiger partial charge in [0, 0.05) is 25.0 Å². The molecule has 1 spiro atoms. The zero-order chi connectivity index (χ0) is 21.8. The van der Waals surface area contributed by atoms with Gasteiger partial charge in [0.1, 0.15) is 0 Å². The van der Waals surface area contributed by atoms with E-state index in [0.29, 0.717) is 6.61 Å². The Morgan fingerprint density at radius 1 is 1.27 bits per heavy atom. The van der Waals surface area contributed by atoms with Crippen LogP contribution in [0.5, 0.6) is 0 Å². The maximum atomic E-state index is 12.3. The van der Waals surface area contributed by atoms with Crippen LogP contribution in [0.25, 0.3) is 0 Å². The zero-order valence-electron chi connectivity index (χ0n) is 15.7. The Balaban J connectivity index is 0.000000318. The summed E-state index contributed by atoms with van der Waals surface area (Å²) in [5.74, 6) is -1.58. The molecule has 1 atom stereocenters. The number of aromatic nitrogens is 1. The maximum absolute atomic E-state index is 12.3. The summed E-state index contributed by atoms with van der Waals surface area (Å²) in [5.41, 5.74) is 0.974. The predicted molar refractivity (Wildman–Crippen MR) is 107 cm³/mol. The third-order valence-corrected chi connectivity index (χ3v) is 7.02. The number of thioether (sulfide) groups is 1. The first-order valence-electron chi connectivity index (χ1n) is 8.97. The Bertz CT molecular complexity index is 856. The summed E-state index contributed by atoms with van der Waals surface area (Å²) in [5, 5.41) is 9.08. The number of hydrogen-bond donors (Lipinski definition) is 1. The summed E-state index contributed by atoms with van der Waals surface area (Å²) >= 11 is 3.47. The first kappa shape index (κ1) is 22.6. The minimum atomic E-state index is -5.08. The monoisotopic (exact) mass is 460 g/mol. The number of carboxylic acid groups (broad SMARTS) is 1. The first-order chi connectivity index (χ1) is 14.2. The predicted octanol–water partition coefficient (Wildman–Crippen LogP) is 3.69. The lowest BCUT2D eigenvalue weighted by molar-refractivity contribution is -0.192. The Labute approximate surface area is 179 Å². The van der Waals surface area contributed by atoms with Gasteiger partial charge in [-0.15, -0.1) is 23.1 Å². The van der Waals surface area contributed by atoms with Crippen LogP contribution in [-0.4, -0.2) is 62.7 Å². The highest BCUT2D eigenvalue weighted by Gasteiger charge is 2.51. The van der Waals surface area contributed by atoms with E-state index < -0.39 is 12.1 Å². The van der Waals surface area contributed by atoms with E-state index in [1.165, 1.54) is 11.3 Å². The fraction of sp³-hybridized carbons (Fsp3) is 0.421. The van der Waals surface area contributed by atoms with E-state index in [9.17, 15) is 18.0 Å². The first-order valence-corrected chi connectivity index (χ1v) is 10.8. The standard InChI is InChI=1S/C17H18N2O2S2.C2HF3O2/c20-16(15-5-3-7-22-15)19-11-17(12-19)8-14(10-23-17)21-9-13-4-1-2-6-18-13;3-2(4,5)1(6)7/h1-7,14H,8-12H2;(H,6,7). The van der Waals surface area contributed by atoms with Gasteiger partial charge in [-0.05, 0) is 30.0 Å². The minimum Gasteiger partial charge on any atom is -0.475 e. The lowest BCUT2D eigenvalue weighted by atomic mass is 9.92. The van der Waals surface area contributed by atoms with Crippen LogP contribution in [-0.2, 0) is 16.1 Å². The molecule has 0 bridgehead atoms. The highest BCUT2D eigenvalue weighted by Crippen LogP contribution is 2.46. The molecule has 162 valence electrons. The summed E-state index contributed by atoms with van der Waals surface area (Å²) in [7, 11) is 0. The molecule has 1 amide bonds. The van der Waals surface area contributed by atoms with E-state index in [0.717, 1.165) is 35.8 Å². The number of carboxylic acids is 1. The second-order valence-corrected chi connectivity index (χ2v) is 9.33. The van der Waals surface area contributed by atoms with Gasteiger partial charge in [0.15, 0.2) is 0 Å². The van der Waals surface area contributed by atoms with E-state index in [1.807, 2.05) is 52.4 Å². The number of nitrogens with zero attached hydrogens (tertiary/aromatic N) is 2. The van der Waals surface area contributed by atoms with E-state index in [2.05, 4.69) is 4.98 Å². The third-order valence-electron chi connectivity index (χ3n) is 4.59. The zero-order valence-corrected chi connectivity index (χ0v) is 17.3. The number of halogens is 3. The van der Waals surface area contributed by atoms with Crippen LogP contribution in [0.1, 0.15) is 21.8 Å². The van der Waals surface area contributed by atoms with E-state index >= 15 is 0 Å². The maximum Gasteiger partial charge on any atom is 0.490 e. The molecule has 0 aromatic carbocycles. The van der Waals surface area contributed by atoms with Gasteiger partial charge in [-0.2, -0.15) is 13.2 Å². The number of carbonyl (C=O) groups is 2. The SMILES string of the molecule is O=C(O)C(F)(F)F.O=C(c1cccs1)N1CC2(CC(OCc3ccccn3)CS2)C1. The molecule has 11 heteroatoms. The van der Waals surface area contributed by atoms with E-state index in [4.69, 9.17) is 14.6 Å². The topological polar surface area (TPSA) is 79.7 Å². The van der Waals surface area contributed by atoms with Gasteiger partial charge in [0.25, 0.3) is 5.91 Å². The molecule has 0 aliphatic carbocycles. The van der Waals surface area contributed by atoms with Crippen LogP contribution in [0.4, 0.5) is 13.2 Å². The molecule has 2 aliphatic rings. The van der Waals surface area contributed by atoms with E-state index in [-0.39, 0.29) is 16.8 Å². The molecule has 2 aromatic rings. The number of rotatable bonds is 4. The van der Waals surface area contributed by atoms with Crippen molar-refractivity contribution in [3.8, 4) is 0 Å². The summed E-state index contributed by atoms with van der Waals surface area (Å²) < 4.78 is 37.9. The smallest absolute Gasteiger partial charge is 0.475 e. The Morgan fingerprint density at radius 2 is 2.00 bits per heavy atom. The number of likely N-dealkylation sites (tertiary alicyclic amines) is 1. The van der Waals surface area contributed by atoms with Gasteiger partial charge in [0.05, 0.1) is 28.0 Å². The molecule has 30 heavy (non-hydrogen) atoms. The molecule has 0 radical (unpaired) electrons. The van der Waals surface area contributed by atoms with Crippen LogP contribution in [0.15, 0.2) is 41.9 Å². The average molecular weight is 460 g/mol. The van der Waals surface area contributed by atoms with Gasteiger partial charge in [0.2, 0.25) is 0 Å². The summed E-state index contributed by atoms with van der Waals surface area (Å²) in [6.07, 6.45) is -2.00. The molecule has 1 unspecified atom stereocenters. The fourth-order valence-corrected chi connectivity index (χ4v) is 5.41. The van der Waals surface area contributed by atoms with Crippen molar-refractivity contribution in [3.05, 3.63) is 52.5 Å². The fourth-order valence-electron chi connectivity index (χ4n) is 3.17. The van der Waals surface area contributed by atoms with E-state index in [1.54, 1.807) is 6.20 Å². The molecular formula is C19H19F3N2O4S2. The molecule has 0 saturated carbocycles. The molecule has 4 rings (SSSR count). The highest BCUT2D eigenvalue weighted by molar-refractivity contribution is 8.01. The number of alkyl halides is 3. The van der Waals surface area contributed by atoms with Crippen LogP contribution >= 0.6 is 23.1 Å². The van der Waals surface area contributed by atoms with Gasteiger partial charge in [-0.1, -0.05) is 12.1 Å². The van der Waals surface area contributed by atoms with Crippen molar-refractivity contribution in [2.45, 2.75) is 30.1 Å². The van der Waals surface area contributed by atoms with Crippen LogP contribution in [0, 0.1) is 0 Å². The lowest BCUT2D eigenvalue weighted by Crippen LogP contribution is -2.60.